The van der Waals surface area contributed by atoms with Crippen LogP contribution in [-0.4, -0.2) is 24.3 Å². The number of carbonyl (C=O) groups is 1. The lowest BCUT2D eigenvalue weighted by Gasteiger charge is -2.25. The van der Waals surface area contributed by atoms with Crippen LogP contribution in [0.4, 0.5) is 8.78 Å². The van der Waals surface area contributed by atoms with Crippen LogP contribution in [0.2, 0.25) is 0 Å². The van der Waals surface area contributed by atoms with E-state index in [-0.39, 0.29) is 5.56 Å². The second-order valence-corrected chi connectivity index (χ2v) is 5.09. The molecule has 20 heavy (non-hydrogen) atoms. The van der Waals surface area contributed by atoms with Gasteiger partial charge in [0.15, 0.2) is 0 Å². The van der Waals surface area contributed by atoms with Crippen LogP contribution in [0.1, 0.15) is 33.4 Å². The maximum atomic E-state index is 14.3. The highest BCUT2D eigenvalue weighted by Crippen LogP contribution is 2.37. The van der Waals surface area contributed by atoms with Crippen molar-refractivity contribution in [2.45, 2.75) is 40.5 Å². The molecule has 0 unspecified atom stereocenters. The highest BCUT2D eigenvalue weighted by atomic mass is 19.3. The Kier molecular flexibility index (Phi) is 4.86. The number of carboxylic acids is 1. The Morgan fingerprint density at radius 2 is 1.40 bits per heavy atom. The fraction of sp³-hybridized carbons (Fsp3) is 0.533. The van der Waals surface area contributed by atoms with E-state index in [9.17, 15) is 13.6 Å². The molecule has 3 nitrogen and oxygen atoms in total. The summed E-state index contributed by atoms with van der Waals surface area (Å²) in [6, 6.07) is 0. The number of benzene rings is 1. The number of hydrogen-bond donors (Lipinski definition) is 1. The van der Waals surface area contributed by atoms with E-state index in [4.69, 9.17) is 5.11 Å². The number of aliphatic carboxylic acids is 1. The summed E-state index contributed by atoms with van der Waals surface area (Å²) >= 11 is 0. The maximum Gasteiger partial charge on any atom is 0.329 e. The SMILES string of the molecule is Cc1c(C)c(C)c(C(F)(F)COCC(=O)O)c(C)c1C. The summed E-state index contributed by atoms with van der Waals surface area (Å²) in [4.78, 5) is 10.3. The first-order valence-corrected chi connectivity index (χ1v) is 6.34. The fourth-order valence-corrected chi connectivity index (χ4v) is 2.39. The van der Waals surface area contributed by atoms with E-state index in [0.717, 1.165) is 16.7 Å². The largest absolute Gasteiger partial charge is 0.480 e. The smallest absolute Gasteiger partial charge is 0.329 e. The van der Waals surface area contributed by atoms with Crippen molar-refractivity contribution in [3.63, 3.8) is 0 Å². The van der Waals surface area contributed by atoms with Gasteiger partial charge in [0.25, 0.3) is 5.92 Å². The highest BCUT2D eigenvalue weighted by Gasteiger charge is 2.36. The molecule has 1 rings (SSSR count). The third-order valence-electron chi connectivity index (χ3n) is 3.87. The number of carboxylic acid groups (broad SMARTS) is 1. The first-order valence-electron chi connectivity index (χ1n) is 6.34. The van der Waals surface area contributed by atoms with E-state index in [1.165, 1.54) is 0 Å². The van der Waals surface area contributed by atoms with Gasteiger partial charge in [-0.3, -0.25) is 0 Å². The molecule has 0 aliphatic heterocycles. The van der Waals surface area contributed by atoms with E-state index in [1.54, 1.807) is 13.8 Å². The zero-order chi connectivity index (χ0) is 15.7. The zero-order valence-electron chi connectivity index (χ0n) is 12.4. The molecule has 0 aromatic heterocycles. The molecule has 0 aliphatic carbocycles. The van der Waals surface area contributed by atoms with Crippen LogP contribution in [0.3, 0.4) is 0 Å². The lowest BCUT2D eigenvalue weighted by atomic mass is 9.87. The molecule has 1 N–H and O–H groups in total. The lowest BCUT2D eigenvalue weighted by Crippen LogP contribution is -2.26. The van der Waals surface area contributed by atoms with E-state index < -0.39 is 25.1 Å². The molecule has 0 aliphatic rings. The quantitative estimate of drug-likeness (QED) is 0.902. The molecule has 1 aromatic carbocycles. The average molecular weight is 286 g/mol. The summed E-state index contributed by atoms with van der Waals surface area (Å²) in [6.45, 7) is 7.21. The Balaban J connectivity index is 3.21. The average Bonchev–Trinajstić information content (AvgIpc) is 2.33. The summed E-state index contributed by atoms with van der Waals surface area (Å²) in [6.07, 6.45) is 0. The number of halogens is 2. The minimum atomic E-state index is -3.20. The van der Waals surface area contributed by atoms with Gasteiger partial charge in [-0.25, -0.2) is 4.79 Å². The first kappa shape index (κ1) is 16.6. The van der Waals surface area contributed by atoms with E-state index in [0.29, 0.717) is 11.1 Å². The highest BCUT2D eigenvalue weighted by molar-refractivity contribution is 5.68. The normalized spacial score (nSPS) is 11.8. The molecule has 0 amide bonds. The third-order valence-corrected chi connectivity index (χ3v) is 3.87. The van der Waals surface area contributed by atoms with Crippen molar-refractivity contribution < 1.29 is 23.4 Å². The van der Waals surface area contributed by atoms with Crippen LogP contribution in [-0.2, 0) is 15.5 Å². The van der Waals surface area contributed by atoms with Crippen molar-refractivity contribution in [3.8, 4) is 0 Å². The number of rotatable bonds is 5. The van der Waals surface area contributed by atoms with Gasteiger partial charge in [-0.1, -0.05) is 0 Å². The van der Waals surface area contributed by atoms with Gasteiger partial charge in [0.05, 0.1) is 0 Å². The van der Waals surface area contributed by atoms with Gasteiger partial charge in [-0.15, -0.1) is 0 Å². The molecule has 0 spiro atoms. The van der Waals surface area contributed by atoms with E-state index >= 15 is 0 Å². The van der Waals surface area contributed by atoms with Crippen LogP contribution >= 0.6 is 0 Å². The Morgan fingerprint density at radius 3 is 1.80 bits per heavy atom. The predicted octanol–water partition coefficient (Wildman–Crippen LogP) is 3.42. The summed E-state index contributed by atoms with van der Waals surface area (Å²) in [5, 5.41) is 8.44. The standard InChI is InChI=1S/C15H20F2O3/c1-8-9(2)11(4)14(12(5)10(8)3)15(16,17)7-20-6-13(18)19/h6-7H2,1-5H3,(H,18,19). The van der Waals surface area contributed by atoms with Crippen molar-refractivity contribution in [3.05, 3.63) is 33.4 Å². The minimum absolute atomic E-state index is 0.0523. The monoisotopic (exact) mass is 286 g/mol. The number of hydrogen-bond acceptors (Lipinski definition) is 2. The Hall–Kier alpha value is -1.49. The zero-order valence-corrected chi connectivity index (χ0v) is 12.4. The molecule has 112 valence electrons. The Morgan fingerprint density at radius 1 is 1.00 bits per heavy atom. The van der Waals surface area contributed by atoms with Crippen LogP contribution in [0.25, 0.3) is 0 Å². The molecule has 0 radical (unpaired) electrons. The van der Waals surface area contributed by atoms with Crippen LogP contribution in [0.5, 0.6) is 0 Å². The maximum absolute atomic E-state index is 14.3. The summed E-state index contributed by atoms with van der Waals surface area (Å²) in [5.41, 5.74) is 3.69. The van der Waals surface area contributed by atoms with E-state index in [1.807, 2.05) is 20.8 Å². The van der Waals surface area contributed by atoms with Gasteiger partial charge in [-0.05, 0) is 62.4 Å². The van der Waals surface area contributed by atoms with Crippen LogP contribution in [0, 0.1) is 34.6 Å². The van der Waals surface area contributed by atoms with Crippen LogP contribution < -0.4 is 0 Å². The summed E-state index contributed by atoms with van der Waals surface area (Å²) in [5.74, 6) is -4.46. The van der Waals surface area contributed by atoms with Gasteiger partial charge in [-0.2, -0.15) is 8.78 Å². The molecule has 0 saturated carbocycles. The van der Waals surface area contributed by atoms with Crippen LogP contribution in [0.15, 0.2) is 0 Å². The fourth-order valence-electron chi connectivity index (χ4n) is 2.39. The van der Waals surface area contributed by atoms with Crippen molar-refractivity contribution in [1.29, 1.82) is 0 Å². The second-order valence-electron chi connectivity index (χ2n) is 5.09. The van der Waals surface area contributed by atoms with Gasteiger partial charge in [0.2, 0.25) is 0 Å². The second kappa shape index (κ2) is 5.87. The summed E-state index contributed by atoms with van der Waals surface area (Å²) in [7, 11) is 0. The Bertz CT molecular complexity index is 507. The van der Waals surface area contributed by atoms with Crippen molar-refractivity contribution in [1.82, 2.24) is 0 Å². The van der Waals surface area contributed by atoms with E-state index in [2.05, 4.69) is 4.74 Å². The van der Waals surface area contributed by atoms with Gasteiger partial charge >= 0.3 is 5.97 Å². The Labute approximate surface area is 117 Å². The molecule has 5 heteroatoms. The molecule has 1 aromatic rings. The molecule has 0 saturated heterocycles. The topological polar surface area (TPSA) is 46.5 Å². The predicted molar refractivity (Wildman–Crippen MR) is 72.5 cm³/mol. The molecule has 0 heterocycles. The van der Waals surface area contributed by atoms with Gasteiger partial charge in [0.1, 0.15) is 13.2 Å². The molecule has 0 atom stereocenters. The summed E-state index contributed by atoms with van der Waals surface area (Å²) < 4.78 is 33.2. The minimum Gasteiger partial charge on any atom is -0.480 e. The molecular weight excluding hydrogens is 266 g/mol. The molecule has 0 bridgehead atoms. The number of alkyl halides is 2. The number of ether oxygens (including phenoxy) is 1. The van der Waals surface area contributed by atoms with Gasteiger partial charge < -0.3 is 9.84 Å². The van der Waals surface area contributed by atoms with Crippen molar-refractivity contribution >= 4 is 5.97 Å². The van der Waals surface area contributed by atoms with Crippen molar-refractivity contribution in [2.75, 3.05) is 13.2 Å². The molecule has 0 fully saturated rings. The van der Waals surface area contributed by atoms with Crippen molar-refractivity contribution in [2.24, 2.45) is 0 Å². The molecular formula is C15H20F2O3. The third kappa shape index (κ3) is 3.15. The lowest BCUT2D eigenvalue weighted by molar-refractivity contribution is -0.147. The van der Waals surface area contributed by atoms with Gasteiger partial charge in [0, 0.05) is 5.56 Å². The first-order chi connectivity index (χ1) is 9.09.